The maximum absolute atomic E-state index is 6.12. The first-order chi connectivity index (χ1) is 10.1. The number of anilines is 1. The monoisotopic (exact) mass is 370 g/mol. The molecule has 1 unspecified atom stereocenters. The van der Waals surface area contributed by atoms with Gasteiger partial charge in [-0.1, -0.05) is 11.6 Å². The number of halogens is 2. The summed E-state index contributed by atoms with van der Waals surface area (Å²) in [6.07, 6.45) is 5.87. The summed E-state index contributed by atoms with van der Waals surface area (Å²) in [7, 11) is 0. The van der Waals surface area contributed by atoms with Gasteiger partial charge in [-0.25, -0.2) is 4.98 Å². The largest absolute Gasteiger partial charge is 0.554 e. The van der Waals surface area contributed by atoms with Gasteiger partial charge in [0.05, 0.1) is 6.20 Å². The molecule has 4 aliphatic heterocycles. The van der Waals surface area contributed by atoms with Gasteiger partial charge in [-0.2, -0.15) is 15.0 Å². The second-order valence-electron chi connectivity index (χ2n) is 5.63. The molecule has 1 aromatic heterocycles. The maximum Gasteiger partial charge on any atom is 0.554 e. The van der Waals surface area contributed by atoms with Crippen molar-refractivity contribution in [2.45, 2.75) is 18.4 Å². The Kier molecular flexibility index (Phi) is 3.19. The molecule has 3 saturated heterocycles. The Bertz CT molecular complexity index is 654. The molecule has 1 spiro atoms. The molecule has 0 aliphatic carbocycles. The van der Waals surface area contributed by atoms with E-state index in [1.54, 1.807) is 6.20 Å². The molecule has 5 rings (SSSR count). The van der Waals surface area contributed by atoms with Crippen LogP contribution in [0, 0.1) is 5.92 Å². The Balaban J connectivity index is 1.49. The van der Waals surface area contributed by atoms with E-state index >= 15 is 0 Å². The van der Waals surface area contributed by atoms with Gasteiger partial charge in [-0.15, -0.1) is 0 Å². The Morgan fingerprint density at radius 3 is 2.95 bits per heavy atom. The van der Waals surface area contributed by atoms with E-state index < -0.39 is 0 Å². The highest BCUT2D eigenvalue weighted by Crippen LogP contribution is 2.37. The Morgan fingerprint density at radius 2 is 2.29 bits per heavy atom. The summed E-state index contributed by atoms with van der Waals surface area (Å²) in [6.45, 7) is 3.25. The lowest BCUT2D eigenvalue weighted by atomic mass is 9.76. The van der Waals surface area contributed by atoms with Crippen molar-refractivity contribution in [1.82, 2.24) is 19.5 Å². The van der Waals surface area contributed by atoms with Crippen LogP contribution in [0.4, 0.5) is 5.82 Å². The quantitative estimate of drug-likeness (QED) is 0.754. The predicted octanol–water partition coefficient (Wildman–Crippen LogP) is 1.29. The second-order valence-corrected chi connectivity index (χ2v) is 6.74. The van der Waals surface area contributed by atoms with Gasteiger partial charge < -0.3 is 4.74 Å². The van der Waals surface area contributed by atoms with Crippen LogP contribution in [-0.4, -0.2) is 52.3 Å². The third kappa shape index (κ3) is 2.34. The van der Waals surface area contributed by atoms with Crippen LogP contribution in [0.25, 0.3) is 0 Å². The minimum atomic E-state index is -0.272. The van der Waals surface area contributed by atoms with Crippen LogP contribution < -0.4 is 9.98 Å². The highest BCUT2D eigenvalue weighted by Gasteiger charge is 2.54. The molecule has 5 heterocycles. The van der Waals surface area contributed by atoms with Gasteiger partial charge >= 0.3 is 6.02 Å². The van der Waals surface area contributed by atoms with Gasteiger partial charge in [0.25, 0.3) is 0 Å². The zero-order valence-electron chi connectivity index (χ0n) is 11.2. The lowest BCUT2D eigenvalue weighted by Gasteiger charge is -2.47. The number of rotatable bonds is 1. The van der Waals surface area contributed by atoms with Crippen LogP contribution in [0.2, 0.25) is 5.15 Å². The van der Waals surface area contributed by atoms with Crippen molar-refractivity contribution in [1.29, 1.82) is 0 Å². The molecule has 2 bridgehead atoms. The topological polar surface area (TPSA) is 64.4 Å². The number of hydrogen-bond donors (Lipinski definition) is 1. The van der Waals surface area contributed by atoms with Crippen LogP contribution in [0.1, 0.15) is 12.8 Å². The number of ether oxygens (including phenoxy) is 1. The molecule has 1 aromatic rings. The fraction of sp³-hybridized carbons (Fsp3) is 0.538. The summed E-state index contributed by atoms with van der Waals surface area (Å²) in [6, 6.07) is 0.469. The van der Waals surface area contributed by atoms with E-state index in [0.717, 1.165) is 6.54 Å². The van der Waals surface area contributed by atoms with Crippen molar-refractivity contribution >= 4 is 45.6 Å². The van der Waals surface area contributed by atoms with Crippen LogP contribution in [0.3, 0.4) is 0 Å². The first-order valence-electron chi connectivity index (χ1n) is 6.93. The predicted molar refractivity (Wildman–Crippen MR) is 84.5 cm³/mol. The van der Waals surface area contributed by atoms with Gasteiger partial charge in [0, 0.05) is 12.5 Å². The fourth-order valence-electron chi connectivity index (χ4n) is 3.30. The lowest BCUT2D eigenvalue weighted by molar-refractivity contribution is -0.0474. The van der Waals surface area contributed by atoms with Crippen LogP contribution in [-0.2, 0) is 4.74 Å². The summed E-state index contributed by atoms with van der Waals surface area (Å²) in [4.78, 5) is 10.7. The zero-order chi connectivity index (χ0) is 14.4. The summed E-state index contributed by atoms with van der Waals surface area (Å²) < 4.78 is 11.0. The van der Waals surface area contributed by atoms with Gasteiger partial charge in [0.15, 0.2) is 5.15 Å². The molecule has 110 valence electrons. The Morgan fingerprint density at radius 1 is 1.48 bits per heavy atom. The van der Waals surface area contributed by atoms with E-state index in [2.05, 4.69) is 40.8 Å². The summed E-state index contributed by atoms with van der Waals surface area (Å²) in [5.74, 6) is 1.07. The Hall–Kier alpha value is -1.14. The fourth-order valence-corrected chi connectivity index (χ4v) is 3.63. The molecule has 1 atom stereocenters. The van der Waals surface area contributed by atoms with E-state index in [1.165, 1.54) is 25.9 Å². The number of amidine groups is 1. The van der Waals surface area contributed by atoms with E-state index in [0.29, 0.717) is 27.5 Å². The Labute approximate surface area is 135 Å². The van der Waals surface area contributed by atoms with E-state index in [9.17, 15) is 0 Å². The van der Waals surface area contributed by atoms with E-state index in [4.69, 9.17) is 16.3 Å². The maximum atomic E-state index is 6.12. The third-order valence-corrected chi connectivity index (χ3v) is 5.43. The number of nitrogens with one attached hydrogen (secondary N) is 1. The zero-order valence-corrected chi connectivity index (χ0v) is 13.6. The normalized spacial score (nSPS) is 33.1. The summed E-state index contributed by atoms with van der Waals surface area (Å²) >= 11 is 9.15. The van der Waals surface area contributed by atoms with E-state index in [-0.39, 0.29) is 5.60 Å². The highest BCUT2D eigenvalue weighted by molar-refractivity contribution is 9.10. The number of nitrogens with zero attached hydrogens (tertiary/aromatic N) is 4. The molecule has 0 radical (unpaired) electrons. The van der Waals surface area contributed by atoms with Crippen molar-refractivity contribution in [3.63, 3.8) is 0 Å². The first-order valence-corrected chi connectivity index (χ1v) is 8.10. The van der Waals surface area contributed by atoms with Crippen molar-refractivity contribution in [2.75, 3.05) is 25.0 Å². The van der Waals surface area contributed by atoms with Crippen LogP contribution >= 0.6 is 27.5 Å². The van der Waals surface area contributed by atoms with Crippen molar-refractivity contribution in [3.8, 4) is 0 Å². The number of piperidine rings is 3. The molecular weight excluding hydrogens is 358 g/mol. The average molecular weight is 372 g/mol. The lowest BCUT2D eigenvalue weighted by Crippen LogP contribution is -2.61. The number of hydrogen-bond acceptors (Lipinski definition) is 5. The minimum Gasteiger partial charge on any atom is -0.401 e. The molecule has 3 fully saturated rings. The molecular formula is C13H14BrClN5O+. The molecule has 21 heavy (non-hydrogen) atoms. The SMILES string of the molecule is Clc1nc(NC2=[N+]=CC3(CN4CCC3CC4)O2)cnc1Br. The van der Waals surface area contributed by atoms with Crippen molar-refractivity contribution < 1.29 is 4.74 Å². The highest BCUT2D eigenvalue weighted by atomic mass is 79.9. The molecule has 1 N–H and O–H groups in total. The average Bonchev–Trinajstić information content (AvgIpc) is 2.87. The molecule has 4 aliphatic rings. The van der Waals surface area contributed by atoms with Crippen molar-refractivity contribution in [3.05, 3.63) is 16.0 Å². The standard InChI is InChI=1S/C13H13BrClN5O/c14-10-11(15)18-9(5-16-10)19-12-17-6-13(21-12)7-20-3-1-8(13)2-4-20/h5-6,8H,1-4,7H2/p+1. The van der Waals surface area contributed by atoms with Crippen LogP contribution in [0.5, 0.6) is 0 Å². The van der Waals surface area contributed by atoms with Gasteiger partial charge in [0.1, 0.15) is 4.60 Å². The van der Waals surface area contributed by atoms with Gasteiger partial charge in [-0.05, 0) is 41.9 Å². The second kappa shape index (κ2) is 4.95. The summed E-state index contributed by atoms with van der Waals surface area (Å²) in [5.41, 5.74) is -0.272. The van der Waals surface area contributed by atoms with Crippen molar-refractivity contribution in [2.24, 2.45) is 5.92 Å². The molecule has 0 aromatic carbocycles. The third-order valence-electron chi connectivity index (χ3n) is 4.36. The van der Waals surface area contributed by atoms with Crippen LogP contribution in [0.15, 0.2) is 10.8 Å². The van der Waals surface area contributed by atoms with Gasteiger partial charge in [0.2, 0.25) is 17.6 Å². The molecule has 6 nitrogen and oxygen atoms in total. The summed E-state index contributed by atoms with van der Waals surface area (Å²) in [5, 5.41) is 3.34. The minimum absolute atomic E-state index is 0.272. The van der Waals surface area contributed by atoms with Gasteiger partial charge in [-0.3, -0.25) is 4.90 Å². The smallest absolute Gasteiger partial charge is 0.401 e. The molecule has 0 amide bonds. The van der Waals surface area contributed by atoms with E-state index in [1.807, 2.05) is 6.21 Å². The molecule has 8 heteroatoms. The first kappa shape index (κ1) is 13.5. The number of aromatic nitrogens is 2. The molecule has 0 saturated carbocycles. The number of fused-ring (bicyclic) bond motifs is 2.